The number of aliphatic carboxylic acids is 1. The van der Waals surface area contributed by atoms with Gasteiger partial charge in [-0.25, -0.2) is 0 Å². The van der Waals surface area contributed by atoms with E-state index in [1.807, 2.05) is 0 Å². The number of hydrogen-bond donors (Lipinski definition) is 2. The van der Waals surface area contributed by atoms with Crippen LogP contribution < -0.4 is 5.32 Å². The molecule has 0 atom stereocenters. The summed E-state index contributed by atoms with van der Waals surface area (Å²) in [7, 11) is 1.70. The highest BCUT2D eigenvalue weighted by Crippen LogP contribution is 1.98. The Balaban J connectivity index is 2.18. The predicted molar refractivity (Wildman–Crippen MR) is 60.3 cm³/mol. The molecule has 17 heavy (non-hydrogen) atoms. The second kappa shape index (κ2) is 6.70. The molecule has 6 heteroatoms. The zero-order valence-electron chi connectivity index (χ0n) is 9.68. The second-order valence-electron chi connectivity index (χ2n) is 3.74. The maximum atomic E-state index is 11.5. The number of carbonyl (C=O) groups is 2. The van der Waals surface area contributed by atoms with Gasteiger partial charge in [0, 0.05) is 6.54 Å². The first kappa shape index (κ1) is 13.2. The molecule has 0 aliphatic heterocycles. The fourth-order valence-corrected chi connectivity index (χ4v) is 1.27. The van der Waals surface area contributed by atoms with E-state index in [4.69, 9.17) is 9.52 Å². The molecule has 94 valence electrons. The number of nitrogens with one attached hydrogen (secondary N) is 1. The van der Waals surface area contributed by atoms with Crippen LogP contribution in [0.1, 0.15) is 12.2 Å². The zero-order chi connectivity index (χ0) is 12.7. The average Bonchev–Trinajstić information content (AvgIpc) is 2.76. The number of furan rings is 1. The smallest absolute Gasteiger partial charge is 0.304 e. The largest absolute Gasteiger partial charge is 0.481 e. The molecule has 1 heterocycles. The van der Waals surface area contributed by atoms with Crippen molar-refractivity contribution in [3.8, 4) is 0 Å². The van der Waals surface area contributed by atoms with E-state index in [0.717, 1.165) is 0 Å². The fourth-order valence-electron chi connectivity index (χ4n) is 1.27. The molecule has 1 aromatic rings. The summed E-state index contributed by atoms with van der Waals surface area (Å²) in [4.78, 5) is 23.4. The number of likely N-dealkylation sites (N-methyl/N-ethyl adjacent to an activating group) is 1. The van der Waals surface area contributed by atoms with Crippen LogP contribution >= 0.6 is 0 Å². The summed E-state index contributed by atoms with van der Waals surface area (Å²) >= 11 is 0. The Morgan fingerprint density at radius 3 is 2.88 bits per heavy atom. The SMILES string of the molecule is CN(CCC(=O)O)CC(=O)NCc1ccco1. The molecule has 0 radical (unpaired) electrons. The molecule has 0 unspecified atom stereocenters. The number of nitrogens with zero attached hydrogens (tertiary/aromatic N) is 1. The Kier molecular flexibility index (Phi) is 5.22. The van der Waals surface area contributed by atoms with Crippen molar-refractivity contribution in [2.75, 3.05) is 20.1 Å². The molecule has 0 aromatic carbocycles. The molecule has 0 bridgehead atoms. The van der Waals surface area contributed by atoms with Gasteiger partial charge in [0.1, 0.15) is 5.76 Å². The van der Waals surface area contributed by atoms with Crippen LogP contribution in [0, 0.1) is 0 Å². The third kappa shape index (κ3) is 5.72. The Morgan fingerprint density at radius 1 is 1.53 bits per heavy atom. The molecule has 0 saturated carbocycles. The first-order chi connectivity index (χ1) is 8.08. The predicted octanol–water partition coefficient (Wildman–Crippen LogP) is 0.302. The van der Waals surface area contributed by atoms with Crippen molar-refractivity contribution in [2.24, 2.45) is 0 Å². The number of carboxylic acids is 1. The summed E-state index contributed by atoms with van der Waals surface area (Å²) in [6, 6.07) is 3.52. The molecule has 0 aliphatic carbocycles. The Labute approximate surface area is 99.2 Å². The minimum atomic E-state index is -0.868. The van der Waals surface area contributed by atoms with Crippen molar-refractivity contribution in [1.29, 1.82) is 0 Å². The molecule has 0 fully saturated rings. The van der Waals surface area contributed by atoms with Gasteiger partial charge in [-0.15, -0.1) is 0 Å². The molecular formula is C11H16N2O4. The maximum absolute atomic E-state index is 11.5. The number of amides is 1. The van der Waals surface area contributed by atoms with Crippen molar-refractivity contribution in [1.82, 2.24) is 10.2 Å². The molecule has 0 aliphatic rings. The van der Waals surface area contributed by atoms with Gasteiger partial charge in [0.2, 0.25) is 5.91 Å². The maximum Gasteiger partial charge on any atom is 0.304 e. The average molecular weight is 240 g/mol. The molecule has 0 spiro atoms. The third-order valence-electron chi connectivity index (χ3n) is 2.16. The first-order valence-electron chi connectivity index (χ1n) is 5.27. The van der Waals surface area contributed by atoms with E-state index in [-0.39, 0.29) is 18.9 Å². The highest BCUT2D eigenvalue weighted by atomic mass is 16.4. The van der Waals surface area contributed by atoms with Crippen LogP contribution in [-0.4, -0.2) is 42.0 Å². The lowest BCUT2D eigenvalue weighted by Crippen LogP contribution is -2.35. The fraction of sp³-hybridized carbons (Fsp3) is 0.455. The lowest BCUT2D eigenvalue weighted by Gasteiger charge is -2.14. The lowest BCUT2D eigenvalue weighted by molar-refractivity contribution is -0.137. The summed E-state index contributed by atoms with van der Waals surface area (Å²) in [5, 5.41) is 11.2. The van der Waals surface area contributed by atoms with Crippen LogP contribution in [0.15, 0.2) is 22.8 Å². The van der Waals surface area contributed by atoms with Crippen LogP contribution in [0.5, 0.6) is 0 Å². The first-order valence-corrected chi connectivity index (χ1v) is 5.27. The van der Waals surface area contributed by atoms with Crippen LogP contribution in [0.2, 0.25) is 0 Å². The van der Waals surface area contributed by atoms with Crippen molar-refractivity contribution >= 4 is 11.9 Å². The van der Waals surface area contributed by atoms with Gasteiger partial charge >= 0.3 is 5.97 Å². The standard InChI is InChI=1S/C11H16N2O4/c1-13(5-4-11(15)16)8-10(14)12-7-9-3-2-6-17-9/h2-3,6H,4-5,7-8H2,1H3,(H,12,14)(H,15,16). The van der Waals surface area contributed by atoms with E-state index in [1.54, 1.807) is 30.3 Å². The second-order valence-corrected chi connectivity index (χ2v) is 3.74. The zero-order valence-corrected chi connectivity index (χ0v) is 9.68. The summed E-state index contributed by atoms with van der Waals surface area (Å²) < 4.78 is 5.06. The van der Waals surface area contributed by atoms with Crippen LogP contribution in [0.3, 0.4) is 0 Å². The number of rotatable bonds is 7. The van der Waals surface area contributed by atoms with Gasteiger partial charge in [-0.2, -0.15) is 0 Å². The number of carbonyl (C=O) groups excluding carboxylic acids is 1. The summed E-state index contributed by atoms with van der Waals surface area (Å²) in [6.07, 6.45) is 1.57. The monoisotopic (exact) mass is 240 g/mol. The highest BCUT2D eigenvalue weighted by Gasteiger charge is 2.08. The van der Waals surface area contributed by atoms with Crippen molar-refractivity contribution in [2.45, 2.75) is 13.0 Å². The molecule has 2 N–H and O–H groups in total. The summed E-state index contributed by atoms with van der Waals surface area (Å²) in [5.74, 6) is -0.339. The summed E-state index contributed by atoms with van der Waals surface area (Å²) in [5.41, 5.74) is 0. The molecule has 0 saturated heterocycles. The molecule has 1 aromatic heterocycles. The number of carboxylic acid groups (broad SMARTS) is 1. The van der Waals surface area contributed by atoms with E-state index in [9.17, 15) is 9.59 Å². The van der Waals surface area contributed by atoms with Crippen molar-refractivity contribution in [3.05, 3.63) is 24.2 Å². The normalized spacial score (nSPS) is 10.5. The van der Waals surface area contributed by atoms with Gasteiger partial charge in [0.05, 0.1) is 25.8 Å². The quantitative estimate of drug-likeness (QED) is 0.716. The van der Waals surface area contributed by atoms with E-state index in [0.29, 0.717) is 18.8 Å². The Morgan fingerprint density at radius 2 is 2.29 bits per heavy atom. The third-order valence-corrected chi connectivity index (χ3v) is 2.16. The molecular weight excluding hydrogens is 224 g/mol. The van der Waals surface area contributed by atoms with Gasteiger partial charge in [-0.05, 0) is 19.2 Å². The van der Waals surface area contributed by atoms with Gasteiger partial charge in [-0.3, -0.25) is 14.5 Å². The van der Waals surface area contributed by atoms with E-state index < -0.39 is 5.97 Å². The number of hydrogen-bond acceptors (Lipinski definition) is 4. The topological polar surface area (TPSA) is 82.8 Å². The van der Waals surface area contributed by atoms with Gasteiger partial charge in [0.25, 0.3) is 0 Å². The lowest BCUT2D eigenvalue weighted by atomic mass is 10.4. The van der Waals surface area contributed by atoms with E-state index in [1.165, 1.54) is 0 Å². The van der Waals surface area contributed by atoms with E-state index in [2.05, 4.69) is 5.32 Å². The van der Waals surface area contributed by atoms with Gasteiger partial charge in [-0.1, -0.05) is 0 Å². The highest BCUT2D eigenvalue weighted by molar-refractivity contribution is 5.78. The van der Waals surface area contributed by atoms with Gasteiger partial charge < -0.3 is 14.8 Å². The minimum absolute atomic E-state index is 0.0297. The van der Waals surface area contributed by atoms with Crippen molar-refractivity contribution < 1.29 is 19.1 Å². The molecule has 6 nitrogen and oxygen atoms in total. The minimum Gasteiger partial charge on any atom is -0.481 e. The van der Waals surface area contributed by atoms with Crippen LogP contribution in [0.25, 0.3) is 0 Å². The van der Waals surface area contributed by atoms with Gasteiger partial charge in [0.15, 0.2) is 0 Å². The van der Waals surface area contributed by atoms with Crippen LogP contribution in [-0.2, 0) is 16.1 Å². The van der Waals surface area contributed by atoms with Crippen molar-refractivity contribution in [3.63, 3.8) is 0 Å². The summed E-state index contributed by atoms with van der Waals surface area (Å²) in [6.45, 7) is 0.871. The van der Waals surface area contributed by atoms with Crippen LogP contribution in [0.4, 0.5) is 0 Å². The Hall–Kier alpha value is -1.82. The molecule has 1 amide bonds. The Bertz CT molecular complexity index is 362. The molecule has 1 rings (SSSR count). The van der Waals surface area contributed by atoms with E-state index >= 15 is 0 Å².